The number of ether oxygens (including phenoxy) is 1. The van der Waals surface area contributed by atoms with E-state index in [1.54, 1.807) is 18.5 Å². The monoisotopic (exact) mass is 275 g/mol. The Bertz CT molecular complexity index is 541. The van der Waals surface area contributed by atoms with Crippen molar-refractivity contribution in [2.75, 3.05) is 0 Å². The van der Waals surface area contributed by atoms with Crippen molar-refractivity contribution in [3.63, 3.8) is 0 Å². The number of hydrogen-bond donors (Lipinski definition) is 0. The summed E-state index contributed by atoms with van der Waals surface area (Å²) in [6.45, 7) is 0.481. The van der Waals surface area contributed by atoms with Gasteiger partial charge in [0, 0.05) is 18.0 Å². The molecule has 4 heteroatoms. The fraction of sp³-hybridized carbons (Fsp3) is 0.0667. The molecule has 19 heavy (non-hydrogen) atoms. The maximum Gasteiger partial charge on any atom is 0.142 e. The maximum atomic E-state index is 10.3. The lowest BCUT2D eigenvalue weighted by Crippen LogP contribution is -1.96. The summed E-state index contributed by atoms with van der Waals surface area (Å²) in [7, 11) is 0. The van der Waals surface area contributed by atoms with Crippen LogP contribution in [0.1, 0.15) is 11.1 Å². The van der Waals surface area contributed by atoms with Gasteiger partial charge in [-0.15, -0.1) is 12.4 Å². The lowest BCUT2D eigenvalue weighted by atomic mass is 10.2. The Balaban J connectivity index is 0.00000180. The van der Waals surface area contributed by atoms with Crippen LogP contribution in [0.4, 0.5) is 0 Å². The van der Waals surface area contributed by atoms with Gasteiger partial charge in [-0.05, 0) is 35.9 Å². The number of carbonyl (C=O) groups excluding carboxylic acids is 1. The molecule has 0 atom stereocenters. The van der Waals surface area contributed by atoms with Gasteiger partial charge in [0.2, 0.25) is 0 Å². The van der Waals surface area contributed by atoms with E-state index in [0.29, 0.717) is 6.61 Å². The lowest BCUT2D eigenvalue weighted by Gasteiger charge is -2.08. The Kier molecular flexibility index (Phi) is 6.33. The first-order valence-corrected chi connectivity index (χ1v) is 5.63. The SMILES string of the molecule is Cl.O=C/C=C/c1ccccc1OCc1ccncc1. The number of aldehydes is 1. The molecule has 1 aromatic carbocycles. The van der Waals surface area contributed by atoms with E-state index in [0.717, 1.165) is 23.2 Å². The van der Waals surface area contributed by atoms with Crippen molar-refractivity contribution in [2.24, 2.45) is 0 Å². The largest absolute Gasteiger partial charge is 0.488 e. The van der Waals surface area contributed by atoms with Crippen LogP contribution in [0.15, 0.2) is 54.9 Å². The molecule has 3 nitrogen and oxygen atoms in total. The molecule has 1 aromatic heterocycles. The summed E-state index contributed by atoms with van der Waals surface area (Å²) in [4.78, 5) is 14.3. The van der Waals surface area contributed by atoms with Crippen molar-refractivity contribution in [2.45, 2.75) is 6.61 Å². The van der Waals surface area contributed by atoms with Crippen LogP contribution < -0.4 is 4.74 Å². The van der Waals surface area contributed by atoms with Crippen molar-refractivity contribution in [1.82, 2.24) is 4.98 Å². The quantitative estimate of drug-likeness (QED) is 0.621. The number of rotatable bonds is 5. The smallest absolute Gasteiger partial charge is 0.142 e. The van der Waals surface area contributed by atoms with Crippen molar-refractivity contribution < 1.29 is 9.53 Å². The fourth-order valence-electron chi connectivity index (χ4n) is 1.53. The van der Waals surface area contributed by atoms with Gasteiger partial charge in [-0.25, -0.2) is 0 Å². The molecule has 0 spiro atoms. The predicted molar refractivity (Wildman–Crippen MR) is 77.4 cm³/mol. The molecule has 0 unspecified atom stereocenters. The summed E-state index contributed by atoms with van der Waals surface area (Å²) in [5.41, 5.74) is 1.94. The standard InChI is InChI=1S/C15H13NO2.ClH/c17-11-3-5-14-4-1-2-6-15(14)18-12-13-7-9-16-10-8-13;/h1-11H,12H2;1H/b5-3+;. The summed E-state index contributed by atoms with van der Waals surface area (Å²) in [5.74, 6) is 0.757. The highest BCUT2D eigenvalue weighted by molar-refractivity contribution is 5.85. The Morgan fingerprint density at radius 1 is 1.11 bits per heavy atom. The number of benzene rings is 1. The van der Waals surface area contributed by atoms with Gasteiger partial charge in [0.05, 0.1) is 0 Å². The highest BCUT2D eigenvalue weighted by atomic mass is 35.5. The number of nitrogens with zero attached hydrogens (tertiary/aromatic N) is 1. The number of allylic oxidation sites excluding steroid dienone is 1. The van der Waals surface area contributed by atoms with Crippen LogP contribution >= 0.6 is 12.4 Å². The first kappa shape index (κ1) is 14.9. The van der Waals surface area contributed by atoms with Crippen molar-refractivity contribution in [3.8, 4) is 5.75 Å². The summed E-state index contributed by atoms with van der Waals surface area (Å²) in [6, 6.07) is 11.4. The summed E-state index contributed by atoms with van der Waals surface area (Å²) in [5, 5.41) is 0. The minimum atomic E-state index is 0. The average Bonchev–Trinajstić information content (AvgIpc) is 2.45. The Morgan fingerprint density at radius 2 is 1.84 bits per heavy atom. The van der Waals surface area contributed by atoms with Crippen LogP contribution in [0.25, 0.3) is 6.08 Å². The van der Waals surface area contributed by atoms with Crippen LogP contribution in [0.3, 0.4) is 0 Å². The van der Waals surface area contributed by atoms with Crippen LogP contribution in [-0.4, -0.2) is 11.3 Å². The molecule has 2 rings (SSSR count). The van der Waals surface area contributed by atoms with E-state index >= 15 is 0 Å². The van der Waals surface area contributed by atoms with Crippen LogP contribution in [0, 0.1) is 0 Å². The number of halogens is 1. The molecule has 0 saturated heterocycles. The molecule has 0 aliphatic carbocycles. The third-order valence-electron chi connectivity index (χ3n) is 2.42. The zero-order valence-electron chi connectivity index (χ0n) is 10.2. The van der Waals surface area contributed by atoms with E-state index in [4.69, 9.17) is 4.74 Å². The van der Waals surface area contributed by atoms with Crippen LogP contribution in [0.2, 0.25) is 0 Å². The highest BCUT2D eigenvalue weighted by Gasteiger charge is 2.00. The molecule has 98 valence electrons. The highest BCUT2D eigenvalue weighted by Crippen LogP contribution is 2.20. The Hall–Kier alpha value is -2.13. The number of para-hydroxylation sites is 1. The molecule has 0 N–H and O–H groups in total. The van der Waals surface area contributed by atoms with Gasteiger partial charge in [0.1, 0.15) is 18.6 Å². The van der Waals surface area contributed by atoms with Crippen molar-refractivity contribution >= 4 is 24.8 Å². The molecular weight excluding hydrogens is 262 g/mol. The van der Waals surface area contributed by atoms with E-state index in [1.165, 1.54) is 6.08 Å². The predicted octanol–water partition coefficient (Wildman–Crippen LogP) is 3.29. The van der Waals surface area contributed by atoms with Gasteiger partial charge < -0.3 is 4.74 Å². The van der Waals surface area contributed by atoms with E-state index in [9.17, 15) is 4.79 Å². The third kappa shape index (κ3) is 4.56. The second-order valence-electron chi connectivity index (χ2n) is 3.68. The Labute approximate surface area is 118 Å². The molecule has 0 saturated carbocycles. The maximum absolute atomic E-state index is 10.3. The van der Waals surface area contributed by atoms with Gasteiger partial charge >= 0.3 is 0 Å². The molecule has 0 aliphatic rings. The second-order valence-corrected chi connectivity index (χ2v) is 3.68. The minimum Gasteiger partial charge on any atom is -0.488 e. The van der Waals surface area contributed by atoms with Crippen LogP contribution in [0.5, 0.6) is 5.75 Å². The molecule has 2 aromatic rings. The zero-order valence-corrected chi connectivity index (χ0v) is 11.0. The molecule has 0 aliphatic heterocycles. The second kappa shape index (κ2) is 8.06. The van der Waals surface area contributed by atoms with E-state index in [-0.39, 0.29) is 12.4 Å². The molecule has 0 bridgehead atoms. The average molecular weight is 276 g/mol. The fourth-order valence-corrected chi connectivity index (χ4v) is 1.53. The molecule has 1 heterocycles. The molecule has 0 radical (unpaired) electrons. The Morgan fingerprint density at radius 3 is 2.58 bits per heavy atom. The topological polar surface area (TPSA) is 39.2 Å². The first-order valence-electron chi connectivity index (χ1n) is 5.63. The van der Waals surface area contributed by atoms with E-state index in [2.05, 4.69) is 4.98 Å². The molecule has 0 fully saturated rings. The van der Waals surface area contributed by atoms with E-state index in [1.807, 2.05) is 36.4 Å². The van der Waals surface area contributed by atoms with Gasteiger partial charge in [-0.2, -0.15) is 0 Å². The van der Waals surface area contributed by atoms with Crippen LogP contribution in [-0.2, 0) is 11.4 Å². The minimum absolute atomic E-state index is 0. The summed E-state index contributed by atoms with van der Waals surface area (Å²) in [6.07, 6.45) is 7.40. The van der Waals surface area contributed by atoms with Crippen molar-refractivity contribution in [3.05, 3.63) is 66.0 Å². The number of carbonyl (C=O) groups is 1. The number of hydrogen-bond acceptors (Lipinski definition) is 3. The lowest BCUT2D eigenvalue weighted by molar-refractivity contribution is -0.104. The first-order chi connectivity index (χ1) is 8.90. The van der Waals surface area contributed by atoms with Gasteiger partial charge in [0.15, 0.2) is 0 Å². The van der Waals surface area contributed by atoms with E-state index < -0.39 is 0 Å². The van der Waals surface area contributed by atoms with Gasteiger partial charge in [0.25, 0.3) is 0 Å². The number of aromatic nitrogens is 1. The van der Waals surface area contributed by atoms with Crippen molar-refractivity contribution in [1.29, 1.82) is 0 Å². The summed E-state index contributed by atoms with van der Waals surface area (Å²) >= 11 is 0. The third-order valence-corrected chi connectivity index (χ3v) is 2.42. The normalized spacial score (nSPS) is 9.89. The van der Waals surface area contributed by atoms with Gasteiger partial charge in [-0.1, -0.05) is 18.2 Å². The number of pyridine rings is 1. The molecular formula is C15H14ClNO2. The zero-order chi connectivity index (χ0) is 12.6. The van der Waals surface area contributed by atoms with Gasteiger partial charge in [-0.3, -0.25) is 9.78 Å². The molecule has 0 amide bonds. The summed E-state index contributed by atoms with van der Waals surface area (Å²) < 4.78 is 5.73.